The Kier molecular flexibility index (Phi) is 16.9. The van der Waals surface area contributed by atoms with Crippen LogP contribution in [0.5, 0.6) is 5.75 Å². The van der Waals surface area contributed by atoms with Crippen molar-refractivity contribution in [2.24, 2.45) is 0 Å². The molecule has 1 aliphatic heterocycles. The van der Waals surface area contributed by atoms with Crippen LogP contribution in [0.25, 0.3) is 0 Å². The second kappa shape index (κ2) is 20.3. The van der Waals surface area contributed by atoms with Gasteiger partial charge in [0.25, 0.3) is 11.8 Å². The molecule has 45 heavy (non-hydrogen) atoms. The number of methoxy groups -OCH3 is 1. The molecule has 1 heterocycles. The third kappa shape index (κ3) is 13.0. The molecule has 5 amide bonds. The zero-order valence-corrected chi connectivity index (χ0v) is 28.1. The largest absolute Gasteiger partial charge is 0.494 e. The number of hydrogen-bond donors (Lipinski definition) is 2. The lowest BCUT2D eigenvalue weighted by atomic mass is 10.0. The number of carbonyl (C=O) groups is 4. The van der Waals surface area contributed by atoms with Gasteiger partial charge in [-0.3, -0.25) is 19.3 Å². The van der Waals surface area contributed by atoms with Gasteiger partial charge < -0.3 is 20.2 Å². The molecule has 1 aliphatic rings. The predicted octanol–water partition coefficient (Wildman–Crippen LogP) is 7.47. The minimum atomic E-state index is -1.12. The van der Waals surface area contributed by atoms with Crippen LogP contribution in [0.2, 0.25) is 0 Å². The first-order chi connectivity index (χ1) is 21.6. The molecule has 0 radical (unpaired) electrons. The molecule has 1 saturated heterocycles. The lowest BCUT2D eigenvalue weighted by molar-refractivity contribution is -0.134. The van der Waals surface area contributed by atoms with Gasteiger partial charge in [-0.25, -0.2) is 4.79 Å². The van der Waals surface area contributed by atoms with Crippen molar-refractivity contribution in [3.8, 4) is 17.8 Å². The first kappa shape index (κ1) is 37.4. The highest BCUT2D eigenvalue weighted by Gasteiger charge is 2.45. The summed E-state index contributed by atoms with van der Waals surface area (Å²) in [7, 11) is 1.43. The molecule has 0 aromatic heterocycles. The summed E-state index contributed by atoms with van der Waals surface area (Å²) in [5.74, 6) is 1.45. The smallest absolute Gasteiger partial charge is 0.325 e. The number of anilines is 2. The van der Waals surface area contributed by atoms with Crippen LogP contribution >= 0.6 is 0 Å². The summed E-state index contributed by atoms with van der Waals surface area (Å²) in [5.41, 5.74) is -0.513. The molecular weight excluding hydrogens is 572 g/mol. The highest BCUT2D eigenvalue weighted by molar-refractivity contribution is 6.10. The van der Waals surface area contributed by atoms with Gasteiger partial charge in [0.05, 0.1) is 7.11 Å². The summed E-state index contributed by atoms with van der Waals surface area (Å²) in [6.45, 7) is 6.34. The van der Waals surface area contributed by atoms with Crippen LogP contribution < -0.4 is 20.4 Å². The van der Waals surface area contributed by atoms with Crippen molar-refractivity contribution in [3.05, 3.63) is 18.2 Å². The van der Waals surface area contributed by atoms with Gasteiger partial charge in [-0.05, 0) is 38.5 Å². The van der Waals surface area contributed by atoms with Crippen molar-refractivity contribution in [1.82, 2.24) is 10.2 Å². The number of urea groups is 1. The van der Waals surface area contributed by atoms with Crippen LogP contribution in [0.1, 0.15) is 130 Å². The molecule has 1 aromatic carbocycles. The average Bonchev–Trinajstić information content (AvgIpc) is 3.20. The maximum atomic E-state index is 13.3. The third-order valence-electron chi connectivity index (χ3n) is 7.89. The Morgan fingerprint density at radius 2 is 1.47 bits per heavy atom. The molecular formula is C35H54N4O6. The van der Waals surface area contributed by atoms with E-state index in [1.807, 2.05) is 0 Å². The number of hydrogen-bond acceptors (Lipinski definition) is 6. The molecule has 10 nitrogen and oxygen atoms in total. The van der Waals surface area contributed by atoms with Crippen LogP contribution in [0.15, 0.2) is 18.2 Å². The van der Waals surface area contributed by atoms with E-state index in [1.54, 1.807) is 26.0 Å². The fourth-order valence-corrected chi connectivity index (χ4v) is 5.29. The van der Waals surface area contributed by atoms with Crippen molar-refractivity contribution in [2.45, 2.75) is 136 Å². The van der Waals surface area contributed by atoms with E-state index < -0.39 is 29.9 Å². The van der Waals surface area contributed by atoms with Gasteiger partial charge >= 0.3 is 6.03 Å². The first-order valence-corrected chi connectivity index (χ1v) is 16.7. The van der Waals surface area contributed by atoms with Crippen molar-refractivity contribution in [2.75, 3.05) is 24.0 Å². The van der Waals surface area contributed by atoms with E-state index in [-0.39, 0.29) is 17.3 Å². The van der Waals surface area contributed by atoms with Crippen LogP contribution in [-0.4, -0.2) is 47.8 Å². The molecule has 1 aromatic rings. The number of nitrogens with zero attached hydrogens (tertiary/aromatic N) is 2. The summed E-state index contributed by atoms with van der Waals surface area (Å²) >= 11 is 0. The molecule has 250 valence electrons. The molecule has 0 saturated carbocycles. The van der Waals surface area contributed by atoms with Gasteiger partial charge in [0.15, 0.2) is 0 Å². The van der Waals surface area contributed by atoms with Gasteiger partial charge in [0.2, 0.25) is 5.91 Å². The number of hydroxylamine groups is 1. The number of nitrogens with one attached hydrogen (secondary N) is 2. The van der Waals surface area contributed by atoms with Gasteiger partial charge in [-0.2, -0.15) is 0 Å². The van der Waals surface area contributed by atoms with Crippen molar-refractivity contribution >= 4 is 35.1 Å². The predicted molar refractivity (Wildman–Crippen MR) is 178 cm³/mol. The van der Waals surface area contributed by atoms with Gasteiger partial charge in [0, 0.05) is 19.0 Å². The van der Waals surface area contributed by atoms with E-state index in [1.165, 1.54) is 97.1 Å². The van der Waals surface area contributed by atoms with Crippen LogP contribution in [0.3, 0.4) is 0 Å². The highest BCUT2D eigenvalue weighted by Crippen LogP contribution is 2.32. The molecule has 2 N–H and O–H groups in total. The Balaban J connectivity index is 1.80. The van der Waals surface area contributed by atoms with Crippen LogP contribution in [0, 0.1) is 12.0 Å². The molecule has 0 atom stereocenters. The number of rotatable bonds is 22. The summed E-state index contributed by atoms with van der Waals surface area (Å²) in [4.78, 5) is 57.2. The van der Waals surface area contributed by atoms with E-state index in [2.05, 4.69) is 29.6 Å². The minimum absolute atomic E-state index is 0.130. The molecule has 0 bridgehead atoms. The summed E-state index contributed by atoms with van der Waals surface area (Å²) in [5, 5.41) is 6.29. The van der Waals surface area contributed by atoms with Gasteiger partial charge in [-0.15, -0.1) is 5.06 Å². The fraction of sp³-hybridized carbons (Fsp3) is 0.657. The lowest BCUT2D eigenvalue weighted by Gasteiger charge is -2.23. The van der Waals surface area contributed by atoms with Gasteiger partial charge in [0.1, 0.15) is 29.6 Å². The number of benzene rings is 1. The number of unbranched alkanes of at least 4 members (excludes halogenated alkanes) is 14. The molecule has 10 heteroatoms. The lowest BCUT2D eigenvalue weighted by Crippen LogP contribution is -2.44. The first-order valence-electron chi connectivity index (χ1n) is 16.7. The maximum absolute atomic E-state index is 13.3. The summed E-state index contributed by atoms with van der Waals surface area (Å²) in [6, 6.07) is 4.12. The fourth-order valence-electron chi connectivity index (χ4n) is 5.29. The monoisotopic (exact) mass is 626 g/mol. The zero-order valence-electron chi connectivity index (χ0n) is 28.1. The van der Waals surface area contributed by atoms with Crippen molar-refractivity contribution < 1.29 is 28.8 Å². The standard InChI is InChI=1S/C35H54N4O6/c1-6-8-9-10-11-12-13-14-15-16-17-18-19-20-21-22-31(40)36-28-23-24-30(44-5)29(26-28)39(45-25-7-2)32(41)27-38-33(42)35(3,4)37-34(38)43/h23-24,26H,6,8-22,27H2,1-5H3,(H,36,40)(H,37,43). The Hall–Kier alpha value is -3.74. The maximum Gasteiger partial charge on any atom is 0.325 e. The Morgan fingerprint density at radius 3 is 1.96 bits per heavy atom. The topological polar surface area (TPSA) is 117 Å². The van der Waals surface area contributed by atoms with Crippen molar-refractivity contribution in [1.29, 1.82) is 0 Å². The van der Waals surface area contributed by atoms with Crippen LogP contribution in [-0.2, 0) is 19.2 Å². The van der Waals surface area contributed by atoms with E-state index in [4.69, 9.17) is 9.57 Å². The molecule has 0 aliphatic carbocycles. The second-order valence-electron chi connectivity index (χ2n) is 12.2. The quantitative estimate of drug-likeness (QED) is 0.0597. The second-order valence-corrected chi connectivity index (χ2v) is 12.2. The Morgan fingerprint density at radius 1 is 0.911 bits per heavy atom. The summed E-state index contributed by atoms with van der Waals surface area (Å²) in [6.07, 6.45) is 21.7. The Bertz CT molecular complexity index is 1170. The zero-order chi connectivity index (χ0) is 33.1. The molecule has 2 rings (SSSR count). The van der Waals surface area contributed by atoms with Crippen molar-refractivity contribution in [3.63, 3.8) is 0 Å². The number of imide groups is 1. The minimum Gasteiger partial charge on any atom is -0.494 e. The number of carbonyl (C=O) groups excluding carboxylic acids is 4. The van der Waals surface area contributed by atoms with E-state index in [9.17, 15) is 19.2 Å². The number of amides is 5. The molecule has 0 spiro atoms. The highest BCUT2D eigenvalue weighted by atomic mass is 16.7. The number of ether oxygens (including phenoxy) is 1. The normalized spacial score (nSPS) is 13.6. The van der Waals surface area contributed by atoms with E-state index in [0.717, 1.165) is 29.2 Å². The molecule has 1 fully saturated rings. The SMILES string of the molecule is CC#CON(C(=O)CN1C(=O)NC(C)(C)C1=O)c1cc(NC(=O)CCCCCCCCCCCCCCCCC)ccc1OC. The molecule has 0 unspecified atom stereocenters. The van der Waals surface area contributed by atoms with Crippen LogP contribution in [0.4, 0.5) is 16.2 Å². The van der Waals surface area contributed by atoms with Gasteiger partial charge in [-0.1, -0.05) is 103 Å². The Labute approximate surface area is 269 Å². The summed E-state index contributed by atoms with van der Waals surface area (Å²) < 4.78 is 5.43. The average molecular weight is 627 g/mol. The van der Waals surface area contributed by atoms with E-state index in [0.29, 0.717) is 12.1 Å². The third-order valence-corrected chi connectivity index (χ3v) is 7.89. The van der Waals surface area contributed by atoms with E-state index >= 15 is 0 Å².